The van der Waals surface area contributed by atoms with E-state index in [1.165, 1.54) is 17.6 Å². The van der Waals surface area contributed by atoms with E-state index >= 15 is 0 Å². The molecular weight excluding hydrogens is 282 g/mol. The number of amides is 2. The van der Waals surface area contributed by atoms with Crippen molar-refractivity contribution in [3.8, 4) is 0 Å². The van der Waals surface area contributed by atoms with E-state index < -0.39 is 6.04 Å². The number of nitrogens with zero attached hydrogens (tertiary/aromatic N) is 1. The Morgan fingerprint density at radius 1 is 1.32 bits per heavy atom. The number of carbonyl (C=O) groups is 2. The highest BCUT2D eigenvalue weighted by atomic mass is 16.2. The van der Waals surface area contributed by atoms with E-state index in [4.69, 9.17) is 0 Å². The van der Waals surface area contributed by atoms with Crippen LogP contribution in [0, 0.1) is 5.92 Å². The van der Waals surface area contributed by atoms with Gasteiger partial charge in [-0.15, -0.1) is 0 Å². The first-order valence-corrected chi connectivity index (χ1v) is 7.79. The van der Waals surface area contributed by atoms with E-state index in [2.05, 4.69) is 10.6 Å². The van der Waals surface area contributed by atoms with Crippen LogP contribution in [0.3, 0.4) is 0 Å². The van der Waals surface area contributed by atoms with Crippen molar-refractivity contribution >= 4 is 17.5 Å². The van der Waals surface area contributed by atoms with Crippen LogP contribution in [0.2, 0.25) is 0 Å². The first-order chi connectivity index (χ1) is 10.5. The average Bonchev–Trinajstić information content (AvgIpc) is 3.00. The van der Waals surface area contributed by atoms with Crippen LogP contribution in [-0.2, 0) is 16.1 Å². The summed E-state index contributed by atoms with van der Waals surface area (Å²) < 4.78 is 1.53. The maximum absolute atomic E-state index is 12.5. The third kappa shape index (κ3) is 3.96. The Balaban J connectivity index is 2.13. The second kappa shape index (κ2) is 7.24. The smallest absolute Gasteiger partial charge is 0.250 e. The van der Waals surface area contributed by atoms with Crippen molar-refractivity contribution in [1.82, 2.24) is 9.88 Å². The molecule has 2 N–H and O–H groups in total. The standard InChI is InChI=1S/C16H23N3O3/c1-3-19-10-13(8-9-14(19)21)18-16(22)15(17-11(2)20)12-6-4-5-7-12/h8-10,12,15H,3-7H2,1-2H3,(H,17,20)(H,18,22). The molecule has 22 heavy (non-hydrogen) atoms. The first kappa shape index (κ1) is 16.3. The molecule has 0 aliphatic heterocycles. The molecule has 1 saturated carbocycles. The molecule has 0 bridgehead atoms. The SMILES string of the molecule is CCn1cc(NC(=O)C(NC(C)=O)C2CCCC2)ccc1=O. The zero-order valence-electron chi connectivity index (χ0n) is 13.1. The predicted octanol–water partition coefficient (Wildman–Crippen LogP) is 1.50. The number of rotatable bonds is 5. The molecule has 1 aromatic heterocycles. The quantitative estimate of drug-likeness (QED) is 0.865. The number of anilines is 1. The van der Waals surface area contributed by atoms with E-state index in [1.54, 1.807) is 12.3 Å². The van der Waals surface area contributed by atoms with Gasteiger partial charge in [0.2, 0.25) is 11.8 Å². The Hall–Kier alpha value is -2.11. The van der Waals surface area contributed by atoms with Gasteiger partial charge >= 0.3 is 0 Å². The highest BCUT2D eigenvalue weighted by molar-refractivity contribution is 5.97. The molecule has 0 spiro atoms. The summed E-state index contributed by atoms with van der Waals surface area (Å²) in [6, 6.07) is 2.51. The molecule has 0 radical (unpaired) electrons. The number of aromatic nitrogens is 1. The minimum absolute atomic E-state index is 0.102. The lowest BCUT2D eigenvalue weighted by atomic mass is 9.97. The summed E-state index contributed by atoms with van der Waals surface area (Å²) in [5.41, 5.74) is 0.467. The highest BCUT2D eigenvalue weighted by Gasteiger charge is 2.31. The van der Waals surface area contributed by atoms with Gasteiger partial charge in [-0.05, 0) is 31.7 Å². The third-order valence-electron chi connectivity index (χ3n) is 4.10. The lowest BCUT2D eigenvalue weighted by Crippen LogP contribution is -2.47. The molecule has 2 rings (SSSR count). The van der Waals surface area contributed by atoms with Crippen molar-refractivity contribution < 1.29 is 9.59 Å². The fourth-order valence-corrected chi connectivity index (χ4v) is 2.98. The molecule has 120 valence electrons. The largest absolute Gasteiger partial charge is 0.344 e. The predicted molar refractivity (Wildman–Crippen MR) is 84.6 cm³/mol. The number of hydrogen-bond donors (Lipinski definition) is 2. The summed E-state index contributed by atoms with van der Waals surface area (Å²) in [6.45, 7) is 3.83. The van der Waals surface area contributed by atoms with Crippen molar-refractivity contribution in [3.63, 3.8) is 0 Å². The summed E-state index contributed by atoms with van der Waals surface area (Å²) in [4.78, 5) is 35.5. The van der Waals surface area contributed by atoms with Gasteiger partial charge in [-0.3, -0.25) is 14.4 Å². The Morgan fingerprint density at radius 2 is 2.00 bits per heavy atom. The second-order valence-corrected chi connectivity index (χ2v) is 5.75. The monoisotopic (exact) mass is 305 g/mol. The van der Waals surface area contributed by atoms with Gasteiger partial charge in [-0.25, -0.2) is 0 Å². The fraction of sp³-hybridized carbons (Fsp3) is 0.562. The van der Waals surface area contributed by atoms with Gasteiger partial charge in [0, 0.05) is 25.7 Å². The van der Waals surface area contributed by atoms with Gasteiger partial charge in [0.15, 0.2) is 0 Å². The van der Waals surface area contributed by atoms with E-state index in [0.717, 1.165) is 25.7 Å². The molecule has 1 aliphatic carbocycles. The lowest BCUT2D eigenvalue weighted by molar-refractivity contribution is -0.126. The summed E-state index contributed by atoms with van der Waals surface area (Å²) in [5.74, 6) is -0.241. The zero-order valence-corrected chi connectivity index (χ0v) is 13.1. The normalized spacial score (nSPS) is 16.3. The Kier molecular flexibility index (Phi) is 5.35. The van der Waals surface area contributed by atoms with Crippen molar-refractivity contribution in [2.24, 2.45) is 5.92 Å². The molecule has 1 unspecified atom stereocenters. The molecule has 0 saturated heterocycles. The molecule has 1 heterocycles. The lowest BCUT2D eigenvalue weighted by Gasteiger charge is -2.23. The van der Waals surface area contributed by atoms with E-state index in [1.807, 2.05) is 6.92 Å². The molecule has 0 aromatic carbocycles. The van der Waals surface area contributed by atoms with Gasteiger partial charge in [0.05, 0.1) is 5.69 Å². The molecule has 1 aromatic rings. The summed E-state index contributed by atoms with van der Waals surface area (Å²) in [6.07, 6.45) is 5.71. The topological polar surface area (TPSA) is 80.2 Å². The maximum atomic E-state index is 12.5. The van der Waals surface area contributed by atoms with Crippen LogP contribution in [0.4, 0.5) is 5.69 Å². The van der Waals surface area contributed by atoms with Crippen LogP contribution in [0.15, 0.2) is 23.1 Å². The van der Waals surface area contributed by atoms with Gasteiger partial charge < -0.3 is 15.2 Å². The summed E-state index contributed by atoms with van der Waals surface area (Å²) >= 11 is 0. The molecule has 1 atom stereocenters. The summed E-state index contributed by atoms with van der Waals surface area (Å²) in [7, 11) is 0. The fourth-order valence-electron chi connectivity index (χ4n) is 2.98. The molecule has 2 amide bonds. The van der Waals surface area contributed by atoms with Crippen LogP contribution >= 0.6 is 0 Å². The first-order valence-electron chi connectivity index (χ1n) is 7.79. The minimum Gasteiger partial charge on any atom is -0.344 e. The molecule has 1 aliphatic rings. The second-order valence-electron chi connectivity index (χ2n) is 5.75. The van der Waals surface area contributed by atoms with Crippen molar-refractivity contribution in [1.29, 1.82) is 0 Å². The van der Waals surface area contributed by atoms with E-state index in [0.29, 0.717) is 12.2 Å². The molecule has 1 fully saturated rings. The van der Waals surface area contributed by atoms with Crippen LogP contribution in [-0.4, -0.2) is 22.4 Å². The Morgan fingerprint density at radius 3 is 2.59 bits per heavy atom. The van der Waals surface area contributed by atoms with E-state index in [9.17, 15) is 14.4 Å². The molecular formula is C16H23N3O3. The number of pyridine rings is 1. The van der Waals surface area contributed by atoms with Crippen molar-refractivity contribution in [3.05, 3.63) is 28.7 Å². The van der Waals surface area contributed by atoms with E-state index in [-0.39, 0.29) is 23.3 Å². The molecule has 6 heteroatoms. The third-order valence-corrected chi connectivity index (χ3v) is 4.10. The molecule has 6 nitrogen and oxygen atoms in total. The van der Waals surface area contributed by atoms with Crippen LogP contribution in [0.1, 0.15) is 39.5 Å². The Labute approximate surface area is 129 Å². The van der Waals surface area contributed by atoms with Gasteiger partial charge in [-0.1, -0.05) is 12.8 Å². The maximum Gasteiger partial charge on any atom is 0.250 e. The zero-order chi connectivity index (χ0) is 16.1. The van der Waals surface area contributed by atoms with Crippen molar-refractivity contribution in [2.45, 2.75) is 52.1 Å². The number of carbonyl (C=O) groups excluding carboxylic acids is 2. The average molecular weight is 305 g/mol. The van der Waals surface area contributed by atoms with Crippen LogP contribution in [0.5, 0.6) is 0 Å². The Bertz CT molecular complexity index is 603. The van der Waals surface area contributed by atoms with Gasteiger partial charge in [0.1, 0.15) is 6.04 Å². The van der Waals surface area contributed by atoms with Gasteiger partial charge in [-0.2, -0.15) is 0 Å². The summed E-state index contributed by atoms with van der Waals surface area (Å²) in [5, 5.41) is 5.58. The highest BCUT2D eigenvalue weighted by Crippen LogP contribution is 2.28. The van der Waals surface area contributed by atoms with Crippen LogP contribution < -0.4 is 16.2 Å². The van der Waals surface area contributed by atoms with Gasteiger partial charge in [0.25, 0.3) is 5.56 Å². The number of hydrogen-bond acceptors (Lipinski definition) is 3. The minimum atomic E-state index is -0.512. The number of nitrogens with one attached hydrogen (secondary N) is 2. The van der Waals surface area contributed by atoms with Crippen molar-refractivity contribution in [2.75, 3.05) is 5.32 Å². The van der Waals surface area contributed by atoms with Crippen LogP contribution in [0.25, 0.3) is 0 Å². The number of aryl methyl sites for hydroxylation is 1.